The number of likely N-dealkylation sites (tertiary alicyclic amines) is 1. The number of nitrogens with zero attached hydrogens (tertiary/aromatic N) is 2. The van der Waals surface area contributed by atoms with Crippen LogP contribution < -0.4 is 0 Å². The molecule has 0 N–H and O–H groups in total. The van der Waals surface area contributed by atoms with Gasteiger partial charge in [0, 0.05) is 25.6 Å². The quantitative estimate of drug-likeness (QED) is 0.658. The molecule has 0 amide bonds. The Morgan fingerprint density at radius 1 is 1.12 bits per heavy atom. The van der Waals surface area contributed by atoms with Crippen molar-refractivity contribution in [3.8, 4) is 0 Å². The molecule has 1 aliphatic heterocycles. The molecular weight excluding hydrogens is 359 g/mol. The number of hydrogen-bond donors (Lipinski definition) is 0. The number of hydrogen-bond acceptors (Lipinski definition) is 2. The standard InChI is InChI=1S/C19H26Cl2N2S/c1-22(19(24)13-14-8-9-15(20)16(21)12-14)17-6-2-3-7-18(17)23-10-4-5-11-23/h8-9,12,17-18H,2-7,10-11,13H2,1H3/t17?,18-/m0/s1. The zero-order chi connectivity index (χ0) is 17.1. The van der Waals surface area contributed by atoms with Crippen LogP contribution in [0.25, 0.3) is 0 Å². The molecule has 0 bridgehead atoms. The zero-order valence-corrected chi connectivity index (χ0v) is 16.6. The van der Waals surface area contributed by atoms with E-state index in [1.807, 2.05) is 18.2 Å². The van der Waals surface area contributed by atoms with E-state index in [1.54, 1.807) is 0 Å². The molecule has 1 aromatic carbocycles. The van der Waals surface area contributed by atoms with Gasteiger partial charge in [-0.05, 0) is 56.5 Å². The van der Waals surface area contributed by atoms with Crippen LogP contribution in [0.1, 0.15) is 44.1 Å². The highest BCUT2D eigenvalue weighted by atomic mass is 35.5. The highest BCUT2D eigenvalue weighted by Crippen LogP contribution is 2.30. The van der Waals surface area contributed by atoms with Crippen molar-refractivity contribution in [2.24, 2.45) is 0 Å². The van der Waals surface area contributed by atoms with Crippen LogP contribution >= 0.6 is 35.4 Å². The van der Waals surface area contributed by atoms with E-state index in [9.17, 15) is 0 Å². The first-order valence-corrected chi connectivity index (χ1v) is 10.2. The fraction of sp³-hybridized carbons (Fsp3) is 0.632. The maximum Gasteiger partial charge on any atom is 0.0824 e. The second-order valence-corrected chi connectivity index (χ2v) is 8.38. The fourth-order valence-corrected chi connectivity index (χ4v) is 4.80. The van der Waals surface area contributed by atoms with Crippen LogP contribution in [0.2, 0.25) is 10.0 Å². The lowest BCUT2D eigenvalue weighted by Gasteiger charge is -2.43. The second kappa shape index (κ2) is 8.35. The molecule has 1 saturated carbocycles. The largest absolute Gasteiger partial charge is 0.364 e. The van der Waals surface area contributed by atoms with E-state index in [-0.39, 0.29) is 0 Å². The summed E-state index contributed by atoms with van der Waals surface area (Å²) >= 11 is 17.9. The number of halogens is 2. The third kappa shape index (κ3) is 4.24. The lowest BCUT2D eigenvalue weighted by Crippen LogP contribution is -2.53. The molecule has 1 aromatic rings. The van der Waals surface area contributed by atoms with Gasteiger partial charge in [-0.15, -0.1) is 0 Å². The molecule has 3 rings (SSSR count). The van der Waals surface area contributed by atoms with Gasteiger partial charge < -0.3 is 4.90 Å². The molecule has 0 spiro atoms. The van der Waals surface area contributed by atoms with E-state index in [2.05, 4.69) is 16.8 Å². The molecule has 1 saturated heterocycles. The minimum atomic E-state index is 0.548. The molecule has 5 heteroatoms. The van der Waals surface area contributed by atoms with Gasteiger partial charge in [-0.2, -0.15) is 0 Å². The molecule has 0 radical (unpaired) electrons. The SMILES string of the molecule is CN(C(=S)Cc1ccc(Cl)c(Cl)c1)C1CCCC[C@@H]1N1CCCC1. The van der Waals surface area contributed by atoms with Crippen molar-refractivity contribution in [3.05, 3.63) is 33.8 Å². The molecule has 1 heterocycles. The van der Waals surface area contributed by atoms with Crippen LogP contribution in [0, 0.1) is 0 Å². The molecule has 2 aliphatic rings. The normalized spacial score (nSPS) is 25.0. The molecule has 2 fully saturated rings. The minimum absolute atomic E-state index is 0.548. The average Bonchev–Trinajstić information content (AvgIpc) is 3.12. The van der Waals surface area contributed by atoms with Crippen molar-refractivity contribution >= 4 is 40.4 Å². The summed E-state index contributed by atoms with van der Waals surface area (Å²) in [7, 11) is 2.18. The van der Waals surface area contributed by atoms with Crippen molar-refractivity contribution in [1.29, 1.82) is 0 Å². The summed E-state index contributed by atoms with van der Waals surface area (Å²) in [6.45, 7) is 2.52. The van der Waals surface area contributed by atoms with E-state index in [0.717, 1.165) is 17.0 Å². The van der Waals surface area contributed by atoms with Gasteiger partial charge in [-0.3, -0.25) is 4.90 Å². The molecule has 132 valence electrons. The van der Waals surface area contributed by atoms with E-state index < -0.39 is 0 Å². The summed E-state index contributed by atoms with van der Waals surface area (Å²) in [6, 6.07) is 7.02. The summed E-state index contributed by atoms with van der Waals surface area (Å²) in [5.74, 6) is 0. The number of likely N-dealkylation sites (N-methyl/N-ethyl adjacent to an activating group) is 1. The minimum Gasteiger partial charge on any atom is -0.364 e. The van der Waals surface area contributed by atoms with Gasteiger partial charge in [0.25, 0.3) is 0 Å². The Morgan fingerprint density at radius 3 is 2.54 bits per heavy atom. The van der Waals surface area contributed by atoms with Gasteiger partial charge in [0.1, 0.15) is 0 Å². The Kier molecular flexibility index (Phi) is 6.42. The van der Waals surface area contributed by atoms with Crippen LogP contribution in [0.5, 0.6) is 0 Å². The average molecular weight is 385 g/mol. The lowest BCUT2D eigenvalue weighted by molar-refractivity contribution is 0.111. The summed E-state index contributed by atoms with van der Waals surface area (Å²) in [6.07, 6.45) is 8.68. The molecule has 2 atom stereocenters. The summed E-state index contributed by atoms with van der Waals surface area (Å²) in [4.78, 5) is 6.06. The molecule has 2 nitrogen and oxygen atoms in total. The highest BCUT2D eigenvalue weighted by molar-refractivity contribution is 7.80. The number of benzene rings is 1. The monoisotopic (exact) mass is 384 g/mol. The Balaban J connectivity index is 1.67. The molecule has 1 aliphatic carbocycles. The van der Waals surface area contributed by atoms with Crippen molar-refractivity contribution in [3.63, 3.8) is 0 Å². The van der Waals surface area contributed by atoms with Gasteiger partial charge in [0.05, 0.1) is 15.0 Å². The summed E-state index contributed by atoms with van der Waals surface area (Å²) in [5, 5.41) is 1.20. The Morgan fingerprint density at radius 2 is 1.83 bits per heavy atom. The number of rotatable bonds is 4. The predicted molar refractivity (Wildman–Crippen MR) is 107 cm³/mol. The van der Waals surface area contributed by atoms with Gasteiger partial charge in [0.2, 0.25) is 0 Å². The Hall–Kier alpha value is -0.350. The van der Waals surface area contributed by atoms with Gasteiger partial charge in [-0.1, -0.05) is 54.3 Å². The highest BCUT2D eigenvalue weighted by Gasteiger charge is 2.34. The topological polar surface area (TPSA) is 6.48 Å². The molecular formula is C19H26Cl2N2S. The Labute approximate surface area is 161 Å². The van der Waals surface area contributed by atoms with Crippen molar-refractivity contribution < 1.29 is 0 Å². The smallest absolute Gasteiger partial charge is 0.0824 e. The van der Waals surface area contributed by atoms with Crippen LogP contribution in [0.3, 0.4) is 0 Å². The van der Waals surface area contributed by atoms with E-state index >= 15 is 0 Å². The van der Waals surface area contributed by atoms with E-state index in [4.69, 9.17) is 35.4 Å². The Bertz CT molecular complexity index is 587. The maximum absolute atomic E-state index is 6.14. The van der Waals surface area contributed by atoms with Crippen LogP contribution in [-0.2, 0) is 6.42 Å². The zero-order valence-electron chi connectivity index (χ0n) is 14.3. The maximum atomic E-state index is 6.14. The van der Waals surface area contributed by atoms with Gasteiger partial charge in [0.15, 0.2) is 0 Å². The first-order chi connectivity index (χ1) is 11.6. The van der Waals surface area contributed by atoms with Crippen LogP contribution in [-0.4, -0.2) is 47.0 Å². The van der Waals surface area contributed by atoms with Crippen molar-refractivity contribution in [2.45, 2.75) is 57.0 Å². The van der Waals surface area contributed by atoms with Crippen molar-refractivity contribution in [2.75, 3.05) is 20.1 Å². The van der Waals surface area contributed by atoms with E-state index in [1.165, 1.54) is 51.6 Å². The predicted octanol–water partition coefficient (Wildman–Crippen LogP) is 5.20. The lowest BCUT2D eigenvalue weighted by atomic mass is 9.88. The van der Waals surface area contributed by atoms with E-state index in [0.29, 0.717) is 22.1 Å². The first-order valence-electron chi connectivity index (χ1n) is 9.00. The number of thiocarbonyl (C=S) groups is 1. The molecule has 1 unspecified atom stereocenters. The molecule has 0 aromatic heterocycles. The fourth-order valence-electron chi connectivity index (χ4n) is 4.18. The third-order valence-corrected chi connectivity index (χ3v) is 6.71. The second-order valence-electron chi connectivity index (χ2n) is 7.09. The van der Waals surface area contributed by atoms with Gasteiger partial charge in [-0.25, -0.2) is 0 Å². The van der Waals surface area contributed by atoms with Crippen LogP contribution in [0.15, 0.2) is 18.2 Å². The van der Waals surface area contributed by atoms with Crippen molar-refractivity contribution in [1.82, 2.24) is 9.80 Å². The first kappa shape index (κ1) is 18.4. The summed E-state index contributed by atoms with van der Waals surface area (Å²) < 4.78 is 0. The summed E-state index contributed by atoms with van der Waals surface area (Å²) in [5.41, 5.74) is 1.13. The molecule has 24 heavy (non-hydrogen) atoms. The third-order valence-electron chi connectivity index (χ3n) is 5.53. The van der Waals surface area contributed by atoms with Crippen LogP contribution in [0.4, 0.5) is 0 Å². The van der Waals surface area contributed by atoms with Gasteiger partial charge >= 0.3 is 0 Å².